The van der Waals surface area contributed by atoms with Crippen molar-refractivity contribution in [2.24, 2.45) is 0 Å². The summed E-state index contributed by atoms with van der Waals surface area (Å²) in [5.74, 6) is 0.744. The zero-order valence-corrected chi connectivity index (χ0v) is 18.2. The average Bonchev–Trinajstić information content (AvgIpc) is 3.15. The van der Waals surface area contributed by atoms with E-state index in [1.54, 1.807) is 30.0 Å². The topological polar surface area (TPSA) is 104 Å². The number of methoxy groups -OCH3 is 1. The van der Waals surface area contributed by atoms with Crippen molar-refractivity contribution >= 4 is 34.1 Å². The molecule has 31 heavy (non-hydrogen) atoms. The van der Waals surface area contributed by atoms with E-state index in [0.29, 0.717) is 27.4 Å². The van der Waals surface area contributed by atoms with E-state index in [0.717, 1.165) is 16.9 Å². The lowest BCUT2D eigenvalue weighted by atomic mass is 9.98. The van der Waals surface area contributed by atoms with Crippen LogP contribution in [-0.4, -0.2) is 63.1 Å². The molecule has 5 atom stereocenters. The fourth-order valence-electron chi connectivity index (χ4n) is 4.01. The monoisotopic (exact) mass is 467 g/mol. The molecular formula is C22H23Cl2NO6. The number of rotatable bonds is 5. The number of ether oxygens (including phenoxy) is 2. The van der Waals surface area contributed by atoms with Gasteiger partial charge in [-0.15, -0.1) is 0 Å². The van der Waals surface area contributed by atoms with Crippen LogP contribution in [0.4, 0.5) is 0 Å². The Bertz CT molecular complexity index is 1070. The summed E-state index contributed by atoms with van der Waals surface area (Å²) < 4.78 is 12.6. The van der Waals surface area contributed by atoms with Gasteiger partial charge in [-0.2, -0.15) is 0 Å². The minimum Gasteiger partial charge on any atom is -0.497 e. The van der Waals surface area contributed by atoms with Crippen LogP contribution in [0.25, 0.3) is 10.9 Å². The average molecular weight is 468 g/mol. The summed E-state index contributed by atoms with van der Waals surface area (Å²) in [7, 11) is 1.60. The normalized spacial score (nSPS) is 26.4. The van der Waals surface area contributed by atoms with Gasteiger partial charge in [-0.1, -0.05) is 35.3 Å². The van der Waals surface area contributed by atoms with Crippen LogP contribution < -0.4 is 4.74 Å². The van der Waals surface area contributed by atoms with E-state index in [1.165, 1.54) is 0 Å². The second-order valence-electron chi connectivity index (χ2n) is 7.56. The molecule has 1 aromatic heterocycles. The van der Waals surface area contributed by atoms with Gasteiger partial charge in [-0.3, -0.25) is 0 Å². The van der Waals surface area contributed by atoms with Crippen molar-refractivity contribution in [2.45, 2.75) is 37.1 Å². The largest absolute Gasteiger partial charge is 0.497 e. The SMILES string of the molecule is COc1ccc(Cc2cn([C@@H]3O[C@H](CO)[C@@H](O)[C@H](O)[C@H]3O)c3c(Cl)ccc(Cl)c23)cc1. The highest BCUT2D eigenvalue weighted by atomic mass is 35.5. The van der Waals surface area contributed by atoms with E-state index in [4.69, 9.17) is 32.7 Å². The van der Waals surface area contributed by atoms with Gasteiger partial charge >= 0.3 is 0 Å². The molecule has 3 aromatic rings. The lowest BCUT2D eigenvalue weighted by Gasteiger charge is -2.40. The Labute approximate surface area is 189 Å². The number of fused-ring (bicyclic) bond motifs is 1. The molecule has 0 unspecified atom stereocenters. The van der Waals surface area contributed by atoms with Crippen LogP contribution in [0, 0.1) is 0 Å². The second kappa shape index (κ2) is 8.96. The van der Waals surface area contributed by atoms with E-state index < -0.39 is 37.3 Å². The van der Waals surface area contributed by atoms with Crippen molar-refractivity contribution in [3.05, 3.63) is 63.8 Å². The number of aromatic nitrogens is 1. The summed E-state index contributed by atoms with van der Waals surface area (Å²) in [5.41, 5.74) is 2.37. The van der Waals surface area contributed by atoms with Crippen molar-refractivity contribution in [1.29, 1.82) is 0 Å². The predicted molar refractivity (Wildman–Crippen MR) is 117 cm³/mol. The number of benzene rings is 2. The van der Waals surface area contributed by atoms with Crippen LogP contribution in [0.2, 0.25) is 10.0 Å². The van der Waals surface area contributed by atoms with E-state index in [2.05, 4.69) is 0 Å². The van der Waals surface area contributed by atoms with Crippen LogP contribution >= 0.6 is 23.2 Å². The first kappa shape index (κ1) is 22.4. The summed E-state index contributed by atoms with van der Waals surface area (Å²) >= 11 is 13.0. The van der Waals surface area contributed by atoms with E-state index >= 15 is 0 Å². The molecule has 9 heteroatoms. The third-order valence-electron chi connectivity index (χ3n) is 5.65. The first-order valence-corrected chi connectivity index (χ1v) is 10.5. The van der Waals surface area contributed by atoms with Gasteiger partial charge < -0.3 is 34.5 Å². The van der Waals surface area contributed by atoms with Crippen LogP contribution in [-0.2, 0) is 11.2 Å². The molecule has 0 radical (unpaired) electrons. The van der Waals surface area contributed by atoms with E-state index in [-0.39, 0.29) is 0 Å². The Morgan fingerprint density at radius 3 is 2.29 bits per heavy atom. The smallest absolute Gasteiger partial charge is 0.163 e. The first-order valence-electron chi connectivity index (χ1n) is 9.76. The van der Waals surface area contributed by atoms with Crippen molar-refractivity contribution in [3.8, 4) is 5.75 Å². The maximum Gasteiger partial charge on any atom is 0.163 e. The highest BCUT2D eigenvalue weighted by molar-refractivity contribution is 6.40. The maximum atomic E-state index is 10.6. The van der Waals surface area contributed by atoms with Crippen molar-refractivity contribution in [2.75, 3.05) is 13.7 Å². The molecule has 0 aliphatic carbocycles. The standard InChI is InChI=1S/C22H23Cl2NO6/c1-30-13-4-2-11(3-5-13)8-12-9-25(18-15(24)7-6-14(23)17(12)18)22-21(29)20(28)19(27)16(10-26)31-22/h2-7,9,16,19-22,26-29H,8,10H2,1H3/t16-,19-,20+,21-,22-/m1/s1. The molecule has 0 spiro atoms. The van der Waals surface area contributed by atoms with Gasteiger partial charge in [-0.05, 0) is 41.8 Å². The Kier molecular flexibility index (Phi) is 6.46. The fourth-order valence-corrected chi connectivity index (χ4v) is 4.53. The molecule has 166 valence electrons. The Hall–Kier alpha value is -1.84. The Morgan fingerprint density at radius 2 is 1.65 bits per heavy atom. The number of hydrogen-bond donors (Lipinski definition) is 4. The second-order valence-corrected chi connectivity index (χ2v) is 8.37. The van der Waals surface area contributed by atoms with Crippen molar-refractivity contribution < 1.29 is 29.9 Å². The minimum absolute atomic E-state index is 0.386. The van der Waals surface area contributed by atoms with E-state index in [1.807, 2.05) is 24.3 Å². The molecule has 7 nitrogen and oxygen atoms in total. The molecule has 2 heterocycles. The Morgan fingerprint density at radius 1 is 0.968 bits per heavy atom. The third kappa shape index (κ3) is 4.03. The van der Waals surface area contributed by atoms with Gasteiger partial charge in [0.1, 0.15) is 30.2 Å². The van der Waals surface area contributed by atoms with Gasteiger partial charge in [0, 0.05) is 11.6 Å². The van der Waals surface area contributed by atoms with Crippen molar-refractivity contribution in [1.82, 2.24) is 4.57 Å². The van der Waals surface area contributed by atoms with Gasteiger partial charge in [-0.25, -0.2) is 0 Å². The molecule has 4 N–H and O–H groups in total. The lowest BCUT2D eigenvalue weighted by Crippen LogP contribution is -2.56. The maximum absolute atomic E-state index is 10.6. The molecular weight excluding hydrogens is 445 g/mol. The molecule has 1 aliphatic rings. The lowest BCUT2D eigenvalue weighted by molar-refractivity contribution is -0.250. The van der Waals surface area contributed by atoms with Gasteiger partial charge in [0.25, 0.3) is 0 Å². The highest BCUT2D eigenvalue weighted by Crippen LogP contribution is 2.39. The zero-order valence-electron chi connectivity index (χ0n) is 16.7. The van der Waals surface area contributed by atoms with Crippen molar-refractivity contribution in [3.63, 3.8) is 0 Å². The summed E-state index contributed by atoms with van der Waals surface area (Å²) in [6.07, 6.45) is -4.24. The van der Waals surface area contributed by atoms with Crippen LogP contribution in [0.5, 0.6) is 5.75 Å². The van der Waals surface area contributed by atoms with E-state index in [9.17, 15) is 20.4 Å². The molecule has 0 amide bonds. The predicted octanol–water partition coefficient (Wildman–Crippen LogP) is 2.52. The number of aliphatic hydroxyl groups is 4. The quantitative estimate of drug-likeness (QED) is 0.459. The third-order valence-corrected chi connectivity index (χ3v) is 6.27. The highest BCUT2D eigenvalue weighted by Gasteiger charge is 2.44. The molecule has 1 fully saturated rings. The molecule has 2 aromatic carbocycles. The minimum atomic E-state index is -1.50. The number of halogens is 2. The zero-order chi connectivity index (χ0) is 22.3. The molecule has 4 rings (SSSR count). The van der Waals surface area contributed by atoms with Crippen LogP contribution in [0.3, 0.4) is 0 Å². The van der Waals surface area contributed by atoms with Crippen LogP contribution in [0.1, 0.15) is 17.4 Å². The number of aliphatic hydroxyl groups excluding tert-OH is 4. The van der Waals surface area contributed by atoms with Gasteiger partial charge in [0.2, 0.25) is 0 Å². The van der Waals surface area contributed by atoms with Gasteiger partial charge in [0.15, 0.2) is 6.23 Å². The Balaban J connectivity index is 1.81. The molecule has 0 bridgehead atoms. The fraction of sp³-hybridized carbons (Fsp3) is 0.364. The molecule has 1 aliphatic heterocycles. The number of hydrogen-bond acceptors (Lipinski definition) is 6. The summed E-state index contributed by atoms with van der Waals surface area (Å²) in [4.78, 5) is 0. The summed E-state index contributed by atoms with van der Waals surface area (Å²) in [6, 6.07) is 10.9. The molecule has 0 saturated carbocycles. The summed E-state index contributed by atoms with van der Waals surface area (Å²) in [5, 5.41) is 42.1. The summed E-state index contributed by atoms with van der Waals surface area (Å²) in [6.45, 7) is -0.520. The van der Waals surface area contributed by atoms with Gasteiger partial charge in [0.05, 0.1) is 29.3 Å². The number of nitrogens with zero attached hydrogens (tertiary/aromatic N) is 1. The molecule has 1 saturated heterocycles. The first-order chi connectivity index (χ1) is 14.8. The van der Waals surface area contributed by atoms with Crippen LogP contribution in [0.15, 0.2) is 42.6 Å².